The summed E-state index contributed by atoms with van der Waals surface area (Å²) < 4.78 is 29.6. The maximum absolute atomic E-state index is 13.5. The zero-order valence-corrected chi connectivity index (χ0v) is 22.2. The highest BCUT2D eigenvalue weighted by molar-refractivity contribution is 8.18. The number of allylic oxidation sites excluding steroid dienone is 1. The molecule has 9 nitrogen and oxygen atoms in total. The lowest BCUT2D eigenvalue weighted by Crippen LogP contribution is -2.56. The van der Waals surface area contributed by atoms with E-state index in [1.165, 1.54) is 23.0 Å². The van der Waals surface area contributed by atoms with Crippen molar-refractivity contribution in [2.24, 2.45) is 0 Å². The van der Waals surface area contributed by atoms with Gasteiger partial charge in [0.2, 0.25) is 10.0 Å². The summed E-state index contributed by atoms with van der Waals surface area (Å²) in [5.74, 6) is -0.0909. The summed E-state index contributed by atoms with van der Waals surface area (Å²) in [6.07, 6.45) is 4.02. The summed E-state index contributed by atoms with van der Waals surface area (Å²) in [5.41, 5.74) is 2.58. The Morgan fingerprint density at radius 3 is 2.41 bits per heavy atom. The highest BCUT2D eigenvalue weighted by Crippen LogP contribution is 2.42. The van der Waals surface area contributed by atoms with Crippen LogP contribution in [0.15, 0.2) is 66.9 Å². The number of rotatable bonds is 6. The number of Topliss-reactive ketones (excluding diaryl/α,β-unsaturated/α-hetero) is 1. The second-order valence-electron chi connectivity index (χ2n) is 9.12. The molecule has 11 heteroatoms. The van der Waals surface area contributed by atoms with Crippen molar-refractivity contribution >= 4 is 38.4 Å². The SMILES string of the molecule is CC(=O)c1ccc(-n2cc(C3=CCC(S(=O)(=O)N4CCN(C(=O)c5ccccc5)C[C@H]4C)S3)nn2)cc1. The van der Waals surface area contributed by atoms with Crippen molar-refractivity contribution in [1.29, 1.82) is 0 Å². The Morgan fingerprint density at radius 2 is 1.73 bits per heavy atom. The van der Waals surface area contributed by atoms with Gasteiger partial charge in [0.15, 0.2) is 5.78 Å². The van der Waals surface area contributed by atoms with Crippen LogP contribution in [0.1, 0.15) is 46.7 Å². The van der Waals surface area contributed by atoms with Gasteiger partial charge in [-0.25, -0.2) is 13.1 Å². The first-order valence-electron chi connectivity index (χ1n) is 12.0. The molecule has 3 heterocycles. The number of ketones is 1. The Labute approximate surface area is 220 Å². The van der Waals surface area contributed by atoms with Gasteiger partial charge in [0.1, 0.15) is 10.3 Å². The molecule has 1 fully saturated rings. The van der Waals surface area contributed by atoms with E-state index in [2.05, 4.69) is 10.3 Å². The van der Waals surface area contributed by atoms with E-state index in [4.69, 9.17) is 0 Å². The minimum absolute atomic E-state index is 0.0101. The first kappa shape index (κ1) is 25.4. The number of hydrogen-bond acceptors (Lipinski definition) is 7. The van der Waals surface area contributed by atoms with Crippen molar-refractivity contribution in [3.8, 4) is 5.69 Å². The lowest BCUT2D eigenvalue weighted by molar-refractivity contribution is 0.0642. The molecule has 2 aliphatic rings. The van der Waals surface area contributed by atoms with Gasteiger partial charge in [-0.1, -0.05) is 29.5 Å². The largest absolute Gasteiger partial charge is 0.336 e. The van der Waals surface area contributed by atoms with Crippen LogP contribution in [-0.4, -0.2) is 74.6 Å². The summed E-state index contributed by atoms with van der Waals surface area (Å²) in [7, 11) is -3.60. The minimum Gasteiger partial charge on any atom is -0.336 e. The van der Waals surface area contributed by atoms with Gasteiger partial charge in [0, 0.05) is 41.7 Å². The molecule has 2 atom stereocenters. The monoisotopic (exact) mass is 537 g/mol. The highest BCUT2D eigenvalue weighted by atomic mass is 32.3. The number of amides is 1. The average molecular weight is 538 g/mol. The third-order valence-electron chi connectivity index (χ3n) is 6.57. The van der Waals surface area contributed by atoms with Crippen molar-refractivity contribution in [3.63, 3.8) is 0 Å². The number of hydrogen-bond donors (Lipinski definition) is 0. The van der Waals surface area contributed by atoms with E-state index in [-0.39, 0.29) is 24.3 Å². The standard InChI is InChI=1S/C26H27N5O4S2/c1-18-16-29(26(33)21-6-4-3-5-7-21)14-15-31(18)37(34,35)25-13-12-24(36-25)23-17-30(28-27-23)22-10-8-20(9-11-22)19(2)32/h3-12,17-18,25H,13-16H2,1-2H3/t18-,25?/m1/s1. The van der Waals surface area contributed by atoms with E-state index < -0.39 is 14.6 Å². The summed E-state index contributed by atoms with van der Waals surface area (Å²) in [6.45, 7) is 4.33. The van der Waals surface area contributed by atoms with Crippen molar-refractivity contribution in [1.82, 2.24) is 24.2 Å². The van der Waals surface area contributed by atoms with Gasteiger partial charge >= 0.3 is 0 Å². The quantitative estimate of drug-likeness (QED) is 0.444. The topological polar surface area (TPSA) is 105 Å². The lowest BCUT2D eigenvalue weighted by atomic mass is 10.1. The second kappa shape index (κ2) is 10.2. The van der Waals surface area contributed by atoms with E-state index in [9.17, 15) is 18.0 Å². The molecule has 1 unspecified atom stereocenters. The maximum Gasteiger partial charge on any atom is 0.253 e. The number of benzene rings is 2. The molecule has 0 aliphatic carbocycles. The Morgan fingerprint density at radius 1 is 1.00 bits per heavy atom. The number of carbonyl (C=O) groups is 2. The highest BCUT2D eigenvalue weighted by Gasteiger charge is 2.41. The average Bonchev–Trinajstić information content (AvgIpc) is 3.59. The summed E-state index contributed by atoms with van der Waals surface area (Å²) in [5, 5.41) is 8.41. The van der Waals surface area contributed by atoms with Crippen LogP contribution in [0.5, 0.6) is 0 Å². The van der Waals surface area contributed by atoms with Crippen LogP contribution in [0, 0.1) is 0 Å². The number of sulfonamides is 1. The number of nitrogens with zero attached hydrogens (tertiary/aromatic N) is 5. The van der Waals surface area contributed by atoms with E-state index in [0.717, 1.165) is 10.6 Å². The number of thioether (sulfide) groups is 1. The van der Waals surface area contributed by atoms with Crippen LogP contribution in [0.2, 0.25) is 0 Å². The first-order chi connectivity index (χ1) is 17.7. The van der Waals surface area contributed by atoms with Crippen LogP contribution in [-0.2, 0) is 10.0 Å². The molecule has 2 aliphatic heterocycles. The van der Waals surface area contributed by atoms with Crippen LogP contribution in [0.3, 0.4) is 0 Å². The molecule has 0 spiro atoms. The molecular weight excluding hydrogens is 510 g/mol. The molecule has 0 N–H and O–H groups in total. The fourth-order valence-electron chi connectivity index (χ4n) is 4.56. The van der Waals surface area contributed by atoms with Crippen molar-refractivity contribution in [2.75, 3.05) is 19.6 Å². The Kier molecular flexibility index (Phi) is 7.02. The molecule has 1 saturated heterocycles. The van der Waals surface area contributed by atoms with E-state index in [1.54, 1.807) is 52.2 Å². The Balaban J connectivity index is 1.23. The maximum atomic E-state index is 13.5. The number of aromatic nitrogens is 3. The number of piperazine rings is 1. The zero-order valence-electron chi connectivity index (χ0n) is 20.5. The molecule has 5 rings (SSSR count). The summed E-state index contributed by atoms with van der Waals surface area (Å²) in [6, 6.07) is 15.8. The molecule has 192 valence electrons. The van der Waals surface area contributed by atoms with Gasteiger partial charge in [0.25, 0.3) is 5.91 Å². The molecule has 0 radical (unpaired) electrons. The fraction of sp³-hybridized carbons (Fsp3) is 0.308. The van der Waals surface area contributed by atoms with Crippen LogP contribution in [0.4, 0.5) is 0 Å². The van der Waals surface area contributed by atoms with Crippen LogP contribution < -0.4 is 0 Å². The third kappa shape index (κ3) is 5.11. The molecule has 1 amide bonds. The van der Waals surface area contributed by atoms with E-state index in [1.807, 2.05) is 31.2 Å². The molecule has 0 saturated carbocycles. The second-order valence-corrected chi connectivity index (χ2v) is 12.7. The molecule has 1 aromatic heterocycles. The van der Waals surface area contributed by atoms with Gasteiger partial charge in [-0.15, -0.1) is 16.9 Å². The summed E-state index contributed by atoms with van der Waals surface area (Å²) >= 11 is 1.28. The minimum atomic E-state index is -3.60. The molecular formula is C26H27N5O4S2. The van der Waals surface area contributed by atoms with E-state index >= 15 is 0 Å². The van der Waals surface area contributed by atoms with Crippen molar-refractivity contribution < 1.29 is 18.0 Å². The molecule has 0 bridgehead atoms. The van der Waals surface area contributed by atoms with Gasteiger partial charge in [-0.05, 0) is 56.7 Å². The predicted octanol–water partition coefficient (Wildman–Crippen LogP) is 3.45. The predicted molar refractivity (Wildman–Crippen MR) is 143 cm³/mol. The lowest BCUT2D eigenvalue weighted by Gasteiger charge is -2.40. The molecule has 37 heavy (non-hydrogen) atoms. The van der Waals surface area contributed by atoms with Gasteiger partial charge in [0.05, 0.1) is 11.9 Å². The van der Waals surface area contributed by atoms with Gasteiger partial charge < -0.3 is 4.90 Å². The Bertz CT molecular complexity index is 1450. The zero-order chi connectivity index (χ0) is 26.2. The first-order valence-corrected chi connectivity index (χ1v) is 14.4. The fourth-order valence-corrected chi connectivity index (χ4v) is 8.12. The van der Waals surface area contributed by atoms with Crippen molar-refractivity contribution in [3.05, 3.63) is 83.7 Å². The smallest absolute Gasteiger partial charge is 0.253 e. The normalized spacial score (nSPS) is 20.6. The Hall–Kier alpha value is -3.28. The van der Waals surface area contributed by atoms with Gasteiger partial charge in [-0.3, -0.25) is 9.59 Å². The van der Waals surface area contributed by atoms with Crippen LogP contribution >= 0.6 is 11.8 Å². The van der Waals surface area contributed by atoms with Crippen LogP contribution in [0.25, 0.3) is 10.6 Å². The van der Waals surface area contributed by atoms with E-state index in [0.29, 0.717) is 36.3 Å². The van der Waals surface area contributed by atoms with Crippen molar-refractivity contribution in [2.45, 2.75) is 30.9 Å². The third-order valence-corrected chi connectivity index (χ3v) is 10.7. The van der Waals surface area contributed by atoms with Gasteiger partial charge in [-0.2, -0.15) is 4.31 Å². The molecule has 2 aromatic carbocycles. The number of carbonyl (C=O) groups excluding carboxylic acids is 2. The summed E-state index contributed by atoms with van der Waals surface area (Å²) in [4.78, 5) is 26.8. The molecule has 3 aromatic rings.